The third-order valence-corrected chi connectivity index (χ3v) is 5.06. The zero-order valence-electron chi connectivity index (χ0n) is 18.1. The van der Waals surface area contributed by atoms with Gasteiger partial charge in [0, 0.05) is 6.42 Å². The predicted octanol–water partition coefficient (Wildman–Crippen LogP) is 8.11. The second kappa shape index (κ2) is 16.3. The molecule has 28 heavy (non-hydrogen) atoms. The summed E-state index contributed by atoms with van der Waals surface area (Å²) < 4.78 is 13.7. The van der Waals surface area contributed by atoms with Crippen LogP contribution in [-0.4, -0.2) is 5.91 Å². The number of amides is 1. The fourth-order valence-electron chi connectivity index (χ4n) is 3.29. The largest absolute Gasteiger partial charge is 0.324 e. The SMILES string of the molecule is CCCCCCCC/C=C\CCCCCCCC(=O)Nc1ccc(C)cc1F. The van der Waals surface area contributed by atoms with Crippen LogP contribution in [0.2, 0.25) is 0 Å². The lowest BCUT2D eigenvalue weighted by atomic mass is 10.1. The van der Waals surface area contributed by atoms with Gasteiger partial charge in [-0.3, -0.25) is 4.79 Å². The molecule has 1 aromatic carbocycles. The molecular weight excluding hydrogens is 349 g/mol. The predicted molar refractivity (Wildman–Crippen MR) is 119 cm³/mol. The van der Waals surface area contributed by atoms with Crippen molar-refractivity contribution in [3.63, 3.8) is 0 Å². The van der Waals surface area contributed by atoms with Crippen LogP contribution in [0.3, 0.4) is 0 Å². The van der Waals surface area contributed by atoms with E-state index in [0.717, 1.165) is 24.8 Å². The van der Waals surface area contributed by atoms with Gasteiger partial charge >= 0.3 is 0 Å². The van der Waals surface area contributed by atoms with Crippen LogP contribution in [0.15, 0.2) is 30.4 Å². The monoisotopic (exact) mass is 389 g/mol. The van der Waals surface area contributed by atoms with E-state index in [0.29, 0.717) is 6.42 Å². The number of nitrogens with one attached hydrogen (secondary N) is 1. The number of carbonyl (C=O) groups is 1. The Balaban J connectivity index is 1.92. The van der Waals surface area contributed by atoms with Crippen LogP contribution >= 0.6 is 0 Å². The lowest BCUT2D eigenvalue weighted by Gasteiger charge is -2.07. The van der Waals surface area contributed by atoms with Gasteiger partial charge in [0.05, 0.1) is 5.69 Å². The van der Waals surface area contributed by atoms with Crippen molar-refractivity contribution in [2.75, 3.05) is 5.32 Å². The van der Waals surface area contributed by atoms with Crippen LogP contribution in [0.5, 0.6) is 0 Å². The average Bonchev–Trinajstić information content (AvgIpc) is 2.67. The summed E-state index contributed by atoms with van der Waals surface area (Å²) in [5.41, 5.74) is 1.14. The van der Waals surface area contributed by atoms with Gasteiger partial charge in [-0.15, -0.1) is 0 Å². The van der Waals surface area contributed by atoms with E-state index in [4.69, 9.17) is 0 Å². The molecule has 2 nitrogen and oxygen atoms in total. The van der Waals surface area contributed by atoms with Crippen LogP contribution < -0.4 is 5.32 Å². The topological polar surface area (TPSA) is 29.1 Å². The van der Waals surface area contributed by atoms with Crippen LogP contribution in [0.4, 0.5) is 10.1 Å². The van der Waals surface area contributed by atoms with Gasteiger partial charge in [-0.1, -0.05) is 76.5 Å². The van der Waals surface area contributed by atoms with Crippen molar-refractivity contribution in [2.45, 2.75) is 104 Å². The number of allylic oxidation sites excluding steroid dienone is 2. The first-order valence-electron chi connectivity index (χ1n) is 11.3. The molecule has 0 fully saturated rings. The number of halogens is 1. The molecule has 0 spiro atoms. The molecule has 3 heteroatoms. The highest BCUT2D eigenvalue weighted by atomic mass is 19.1. The summed E-state index contributed by atoms with van der Waals surface area (Å²) in [6.07, 6.45) is 21.3. The number of benzene rings is 1. The van der Waals surface area contributed by atoms with E-state index in [1.165, 1.54) is 70.3 Å². The second-order valence-electron chi connectivity index (χ2n) is 7.87. The first-order chi connectivity index (χ1) is 13.6. The molecule has 0 radical (unpaired) electrons. The smallest absolute Gasteiger partial charge is 0.224 e. The van der Waals surface area contributed by atoms with Crippen molar-refractivity contribution in [3.05, 3.63) is 41.7 Å². The van der Waals surface area contributed by atoms with E-state index in [-0.39, 0.29) is 17.4 Å². The number of unbranched alkanes of at least 4 members (excludes halogenated alkanes) is 11. The van der Waals surface area contributed by atoms with Crippen LogP contribution in [0.1, 0.15) is 102 Å². The summed E-state index contributed by atoms with van der Waals surface area (Å²) in [6.45, 7) is 4.09. The Morgan fingerprint density at radius 1 is 0.893 bits per heavy atom. The van der Waals surface area contributed by atoms with Gasteiger partial charge in [0.1, 0.15) is 5.82 Å². The molecule has 0 aliphatic heterocycles. The van der Waals surface area contributed by atoms with E-state index in [1.54, 1.807) is 12.1 Å². The van der Waals surface area contributed by atoms with Crippen molar-refractivity contribution in [1.29, 1.82) is 0 Å². The molecule has 0 aliphatic rings. The van der Waals surface area contributed by atoms with Gasteiger partial charge < -0.3 is 5.32 Å². The van der Waals surface area contributed by atoms with Gasteiger partial charge in [-0.25, -0.2) is 4.39 Å². The highest BCUT2D eigenvalue weighted by molar-refractivity contribution is 5.90. The van der Waals surface area contributed by atoms with Crippen molar-refractivity contribution in [2.24, 2.45) is 0 Å². The second-order valence-corrected chi connectivity index (χ2v) is 7.87. The lowest BCUT2D eigenvalue weighted by molar-refractivity contribution is -0.116. The minimum absolute atomic E-state index is 0.0969. The van der Waals surface area contributed by atoms with Crippen molar-refractivity contribution >= 4 is 11.6 Å². The molecule has 0 heterocycles. The van der Waals surface area contributed by atoms with Crippen LogP contribution in [0.25, 0.3) is 0 Å². The van der Waals surface area contributed by atoms with E-state index in [1.807, 2.05) is 6.92 Å². The van der Waals surface area contributed by atoms with Gasteiger partial charge in [-0.2, -0.15) is 0 Å². The molecule has 0 atom stereocenters. The summed E-state index contributed by atoms with van der Waals surface area (Å²) in [4.78, 5) is 11.9. The Bertz CT molecular complexity index is 568. The maximum Gasteiger partial charge on any atom is 0.224 e. The molecule has 0 aliphatic carbocycles. The highest BCUT2D eigenvalue weighted by Gasteiger charge is 2.06. The molecule has 1 aromatic rings. The van der Waals surface area contributed by atoms with Crippen molar-refractivity contribution in [3.8, 4) is 0 Å². The Morgan fingerprint density at radius 3 is 2.07 bits per heavy atom. The molecule has 0 saturated carbocycles. The maximum atomic E-state index is 13.7. The van der Waals surface area contributed by atoms with Gasteiger partial charge in [0.15, 0.2) is 0 Å². The zero-order valence-corrected chi connectivity index (χ0v) is 18.1. The molecule has 0 unspecified atom stereocenters. The van der Waals surface area contributed by atoms with E-state index in [2.05, 4.69) is 24.4 Å². The van der Waals surface area contributed by atoms with Crippen LogP contribution in [-0.2, 0) is 4.79 Å². The number of aryl methyl sites for hydroxylation is 1. The molecule has 1 amide bonds. The van der Waals surface area contributed by atoms with Crippen molar-refractivity contribution < 1.29 is 9.18 Å². The number of anilines is 1. The summed E-state index contributed by atoms with van der Waals surface area (Å²) >= 11 is 0. The van der Waals surface area contributed by atoms with E-state index < -0.39 is 0 Å². The Kier molecular flexibility index (Phi) is 14.2. The highest BCUT2D eigenvalue weighted by Crippen LogP contribution is 2.16. The van der Waals surface area contributed by atoms with Gasteiger partial charge in [0.25, 0.3) is 0 Å². The quantitative estimate of drug-likeness (QED) is 0.224. The Hall–Kier alpha value is -1.64. The molecule has 0 bridgehead atoms. The minimum Gasteiger partial charge on any atom is -0.324 e. The number of carbonyl (C=O) groups excluding carboxylic acids is 1. The molecular formula is C25H40FNO. The normalized spacial score (nSPS) is 11.2. The minimum atomic E-state index is -0.363. The average molecular weight is 390 g/mol. The molecule has 0 saturated heterocycles. The summed E-state index contributed by atoms with van der Waals surface area (Å²) in [6, 6.07) is 4.88. The van der Waals surface area contributed by atoms with Gasteiger partial charge in [0.2, 0.25) is 5.91 Å². The first kappa shape index (κ1) is 24.4. The number of hydrogen-bond acceptors (Lipinski definition) is 1. The van der Waals surface area contributed by atoms with Crippen molar-refractivity contribution in [1.82, 2.24) is 0 Å². The standard InChI is InChI=1S/C25H40FNO/c1-3-4-5-6-7-8-9-10-11-12-13-14-15-16-17-18-25(28)27-24-20-19-22(2)21-23(24)26/h10-11,19-21H,3-9,12-18H2,1-2H3,(H,27,28)/b11-10-. The third-order valence-electron chi connectivity index (χ3n) is 5.06. The molecule has 0 aromatic heterocycles. The van der Waals surface area contributed by atoms with E-state index in [9.17, 15) is 9.18 Å². The number of rotatable bonds is 16. The fraction of sp³-hybridized carbons (Fsp3) is 0.640. The van der Waals surface area contributed by atoms with E-state index >= 15 is 0 Å². The van der Waals surface area contributed by atoms with Gasteiger partial charge in [-0.05, 0) is 56.7 Å². The maximum absolute atomic E-state index is 13.7. The molecule has 158 valence electrons. The Morgan fingerprint density at radius 2 is 1.46 bits per heavy atom. The summed E-state index contributed by atoms with van der Waals surface area (Å²) in [5.74, 6) is -0.460. The Labute approximate surface area is 172 Å². The third kappa shape index (κ3) is 12.7. The zero-order chi connectivity index (χ0) is 20.5. The van der Waals surface area contributed by atoms with Crippen LogP contribution in [0, 0.1) is 12.7 Å². The fourth-order valence-corrected chi connectivity index (χ4v) is 3.29. The first-order valence-corrected chi connectivity index (χ1v) is 11.3. The summed E-state index contributed by atoms with van der Waals surface area (Å²) in [5, 5.41) is 2.66. The summed E-state index contributed by atoms with van der Waals surface area (Å²) in [7, 11) is 0. The lowest BCUT2D eigenvalue weighted by Crippen LogP contribution is -2.12. The molecule has 1 rings (SSSR count). The number of hydrogen-bond donors (Lipinski definition) is 1. The molecule has 1 N–H and O–H groups in total.